The van der Waals surface area contributed by atoms with Gasteiger partial charge in [-0.2, -0.15) is 5.10 Å². The highest BCUT2D eigenvalue weighted by Crippen LogP contribution is 2.32. The Morgan fingerprint density at radius 1 is 1.31 bits per heavy atom. The molecule has 1 amide bonds. The summed E-state index contributed by atoms with van der Waals surface area (Å²) in [4.78, 5) is 19.6. The van der Waals surface area contributed by atoms with Crippen molar-refractivity contribution < 1.29 is 9.18 Å². The lowest BCUT2D eigenvalue weighted by molar-refractivity contribution is -0.123. The molecule has 0 bridgehead atoms. The standard InChI is InChI=1S/C19H21FN4OS/c20-15-7-8-16-17(13-15)26-19(22-16)24(12-11-23-10-4-9-21-23)18(25)14-5-2-1-3-6-14/h4,7-10,13-14H,1-3,5-6,11-12H2. The van der Waals surface area contributed by atoms with Gasteiger partial charge in [0.2, 0.25) is 5.91 Å². The summed E-state index contributed by atoms with van der Waals surface area (Å²) < 4.78 is 16.1. The first-order valence-corrected chi connectivity index (χ1v) is 9.87. The van der Waals surface area contributed by atoms with Crippen molar-refractivity contribution in [1.82, 2.24) is 14.8 Å². The quantitative estimate of drug-likeness (QED) is 0.673. The molecule has 0 radical (unpaired) electrons. The van der Waals surface area contributed by atoms with E-state index in [-0.39, 0.29) is 17.6 Å². The maximum Gasteiger partial charge on any atom is 0.231 e. The highest BCUT2D eigenvalue weighted by molar-refractivity contribution is 7.22. The van der Waals surface area contributed by atoms with Crippen molar-refractivity contribution in [1.29, 1.82) is 0 Å². The Labute approximate surface area is 155 Å². The van der Waals surface area contributed by atoms with Gasteiger partial charge in [-0.1, -0.05) is 30.6 Å². The minimum absolute atomic E-state index is 0.0603. The molecule has 2 heterocycles. The zero-order valence-corrected chi connectivity index (χ0v) is 15.3. The van der Waals surface area contributed by atoms with Crippen LogP contribution in [0.1, 0.15) is 32.1 Å². The summed E-state index contributed by atoms with van der Waals surface area (Å²) in [6.45, 7) is 1.12. The van der Waals surface area contributed by atoms with Crippen LogP contribution in [0.4, 0.5) is 9.52 Å². The van der Waals surface area contributed by atoms with Gasteiger partial charge in [0.25, 0.3) is 0 Å². The van der Waals surface area contributed by atoms with E-state index in [0.717, 1.165) is 35.9 Å². The second-order valence-electron chi connectivity index (χ2n) is 6.70. The van der Waals surface area contributed by atoms with Gasteiger partial charge in [-0.3, -0.25) is 14.4 Å². The number of carbonyl (C=O) groups is 1. The van der Waals surface area contributed by atoms with Crippen molar-refractivity contribution in [3.8, 4) is 0 Å². The first kappa shape index (κ1) is 17.1. The lowest BCUT2D eigenvalue weighted by Crippen LogP contribution is -2.39. The van der Waals surface area contributed by atoms with Gasteiger partial charge in [0.1, 0.15) is 5.82 Å². The van der Waals surface area contributed by atoms with E-state index in [1.165, 1.54) is 29.9 Å². The van der Waals surface area contributed by atoms with E-state index in [1.807, 2.05) is 16.9 Å². The first-order chi connectivity index (χ1) is 12.7. The van der Waals surface area contributed by atoms with E-state index in [9.17, 15) is 9.18 Å². The molecule has 0 atom stereocenters. The molecule has 0 N–H and O–H groups in total. The number of thiazole rings is 1. The maximum atomic E-state index is 13.5. The number of fused-ring (bicyclic) bond motifs is 1. The third-order valence-electron chi connectivity index (χ3n) is 4.90. The van der Waals surface area contributed by atoms with Gasteiger partial charge in [0, 0.05) is 24.9 Å². The number of halogens is 1. The van der Waals surface area contributed by atoms with E-state index in [2.05, 4.69) is 10.1 Å². The lowest BCUT2D eigenvalue weighted by atomic mass is 9.88. The Balaban J connectivity index is 1.62. The number of benzene rings is 1. The fourth-order valence-electron chi connectivity index (χ4n) is 3.51. The third kappa shape index (κ3) is 3.62. The molecular formula is C19H21FN4OS. The number of hydrogen-bond acceptors (Lipinski definition) is 4. The third-order valence-corrected chi connectivity index (χ3v) is 5.94. The van der Waals surface area contributed by atoms with Crippen LogP contribution in [0.5, 0.6) is 0 Å². The van der Waals surface area contributed by atoms with Crippen molar-refractivity contribution >= 4 is 32.6 Å². The van der Waals surface area contributed by atoms with Crippen LogP contribution in [-0.2, 0) is 11.3 Å². The highest BCUT2D eigenvalue weighted by Gasteiger charge is 2.28. The van der Waals surface area contributed by atoms with E-state index in [4.69, 9.17) is 0 Å². The summed E-state index contributed by atoms with van der Waals surface area (Å²) in [5, 5.41) is 4.87. The van der Waals surface area contributed by atoms with Crippen molar-refractivity contribution in [3.63, 3.8) is 0 Å². The molecule has 0 saturated heterocycles. The molecule has 4 rings (SSSR count). The summed E-state index contributed by atoms with van der Waals surface area (Å²) >= 11 is 1.37. The number of anilines is 1. The molecular weight excluding hydrogens is 351 g/mol. The van der Waals surface area contributed by atoms with Gasteiger partial charge in [0.15, 0.2) is 5.13 Å². The smallest absolute Gasteiger partial charge is 0.231 e. The van der Waals surface area contributed by atoms with Gasteiger partial charge in [-0.15, -0.1) is 0 Å². The zero-order valence-electron chi connectivity index (χ0n) is 14.5. The highest BCUT2D eigenvalue weighted by atomic mass is 32.1. The Kier molecular flexibility index (Phi) is 4.97. The average molecular weight is 372 g/mol. The minimum atomic E-state index is -0.283. The fraction of sp³-hybridized carbons (Fsp3) is 0.421. The number of hydrogen-bond donors (Lipinski definition) is 0. The van der Waals surface area contributed by atoms with Crippen LogP contribution in [0.25, 0.3) is 10.2 Å². The molecule has 1 aliphatic rings. The number of nitrogens with zero attached hydrogens (tertiary/aromatic N) is 4. The molecule has 0 aliphatic heterocycles. The SMILES string of the molecule is O=C(C1CCCCC1)N(CCn1cccn1)c1nc2ccc(F)cc2s1. The van der Waals surface area contributed by atoms with Crippen LogP contribution in [-0.4, -0.2) is 27.2 Å². The van der Waals surface area contributed by atoms with E-state index >= 15 is 0 Å². The van der Waals surface area contributed by atoms with E-state index in [1.54, 1.807) is 17.2 Å². The Morgan fingerprint density at radius 3 is 2.92 bits per heavy atom. The maximum absolute atomic E-state index is 13.5. The second-order valence-corrected chi connectivity index (χ2v) is 7.71. The molecule has 136 valence electrons. The molecule has 1 saturated carbocycles. The van der Waals surface area contributed by atoms with Crippen LogP contribution in [0.15, 0.2) is 36.7 Å². The summed E-state index contributed by atoms with van der Waals surface area (Å²) in [6, 6.07) is 6.42. The molecule has 7 heteroatoms. The van der Waals surface area contributed by atoms with Crippen LogP contribution < -0.4 is 4.90 Å². The largest absolute Gasteiger partial charge is 0.286 e. The fourth-order valence-corrected chi connectivity index (χ4v) is 4.53. The van der Waals surface area contributed by atoms with Gasteiger partial charge in [0.05, 0.1) is 16.8 Å². The summed E-state index contributed by atoms with van der Waals surface area (Å²) in [5.41, 5.74) is 0.729. The number of carbonyl (C=O) groups excluding carboxylic acids is 1. The molecule has 1 aliphatic carbocycles. The molecule has 3 aromatic rings. The van der Waals surface area contributed by atoms with Crippen LogP contribution >= 0.6 is 11.3 Å². The molecule has 1 fully saturated rings. The van der Waals surface area contributed by atoms with E-state index in [0.29, 0.717) is 18.2 Å². The van der Waals surface area contributed by atoms with Gasteiger partial charge >= 0.3 is 0 Å². The molecule has 0 unspecified atom stereocenters. The first-order valence-electron chi connectivity index (χ1n) is 9.05. The van der Waals surface area contributed by atoms with Gasteiger partial charge in [-0.25, -0.2) is 9.37 Å². The molecule has 26 heavy (non-hydrogen) atoms. The van der Waals surface area contributed by atoms with Crippen LogP contribution in [0.3, 0.4) is 0 Å². The predicted molar refractivity (Wildman–Crippen MR) is 101 cm³/mol. The topological polar surface area (TPSA) is 51.0 Å². The summed E-state index contributed by atoms with van der Waals surface area (Å²) in [6.07, 6.45) is 8.92. The number of amides is 1. The summed E-state index contributed by atoms with van der Waals surface area (Å²) in [5.74, 6) is -0.0871. The van der Waals surface area contributed by atoms with Crippen LogP contribution in [0, 0.1) is 11.7 Å². The van der Waals surface area contributed by atoms with Gasteiger partial charge in [-0.05, 0) is 37.1 Å². The minimum Gasteiger partial charge on any atom is -0.286 e. The monoisotopic (exact) mass is 372 g/mol. The zero-order chi connectivity index (χ0) is 17.9. The molecule has 2 aromatic heterocycles. The van der Waals surface area contributed by atoms with E-state index < -0.39 is 0 Å². The molecule has 1 aromatic carbocycles. The van der Waals surface area contributed by atoms with Crippen molar-refractivity contribution in [2.75, 3.05) is 11.4 Å². The van der Waals surface area contributed by atoms with Gasteiger partial charge < -0.3 is 0 Å². The predicted octanol–water partition coefficient (Wildman–Crippen LogP) is 4.25. The lowest BCUT2D eigenvalue weighted by Gasteiger charge is -2.27. The number of rotatable bonds is 5. The second kappa shape index (κ2) is 7.53. The normalized spacial score (nSPS) is 15.4. The van der Waals surface area contributed by atoms with Crippen molar-refractivity contribution in [2.45, 2.75) is 38.6 Å². The summed E-state index contributed by atoms with van der Waals surface area (Å²) in [7, 11) is 0. The average Bonchev–Trinajstić information content (AvgIpc) is 3.31. The molecule has 0 spiro atoms. The number of aromatic nitrogens is 3. The Morgan fingerprint density at radius 2 is 2.15 bits per heavy atom. The molecule has 5 nitrogen and oxygen atoms in total. The Bertz CT molecular complexity index is 886. The van der Waals surface area contributed by atoms with Crippen molar-refractivity contribution in [3.05, 3.63) is 42.5 Å². The van der Waals surface area contributed by atoms with Crippen LogP contribution in [0.2, 0.25) is 0 Å². The van der Waals surface area contributed by atoms with Crippen molar-refractivity contribution in [2.24, 2.45) is 5.92 Å². The Hall–Kier alpha value is -2.28.